The smallest absolute Gasteiger partial charge is 0.257 e. The second-order valence-electron chi connectivity index (χ2n) is 4.45. The molecule has 4 nitrogen and oxygen atoms in total. The third-order valence-electron chi connectivity index (χ3n) is 2.96. The van der Waals surface area contributed by atoms with Gasteiger partial charge in [0.2, 0.25) is 0 Å². The molecule has 1 atom stereocenters. The Morgan fingerprint density at radius 1 is 1.42 bits per heavy atom. The van der Waals surface area contributed by atoms with Gasteiger partial charge in [-0.25, -0.2) is 0 Å². The molecular weight excluding hydrogens is 264 g/mol. The van der Waals surface area contributed by atoms with E-state index in [-0.39, 0.29) is 11.9 Å². The Labute approximate surface area is 116 Å². The molecule has 1 N–H and O–H groups in total. The van der Waals surface area contributed by atoms with Gasteiger partial charge in [0.1, 0.15) is 11.3 Å². The maximum absolute atomic E-state index is 12.2. The second kappa shape index (κ2) is 5.45. The number of hydrogen-bond acceptors (Lipinski definition) is 3. The lowest BCUT2D eigenvalue weighted by molar-refractivity contribution is 0.0938. The molecule has 0 radical (unpaired) electrons. The topological polar surface area (TPSA) is 55.1 Å². The minimum atomic E-state index is -0.191. The fourth-order valence-electron chi connectivity index (χ4n) is 1.94. The zero-order chi connectivity index (χ0) is 14.0. The maximum Gasteiger partial charge on any atom is 0.257 e. The van der Waals surface area contributed by atoms with Gasteiger partial charge in [-0.3, -0.25) is 4.79 Å². The van der Waals surface area contributed by atoms with E-state index in [0.29, 0.717) is 22.0 Å². The van der Waals surface area contributed by atoms with Gasteiger partial charge >= 0.3 is 0 Å². The minimum Gasteiger partial charge on any atom is -0.361 e. The van der Waals surface area contributed by atoms with Crippen molar-refractivity contribution in [2.24, 2.45) is 0 Å². The van der Waals surface area contributed by atoms with Gasteiger partial charge < -0.3 is 9.84 Å². The average Bonchev–Trinajstić information content (AvgIpc) is 2.69. The summed E-state index contributed by atoms with van der Waals surface area (Å²) >= 11 is 5.94. The number of nitrogens with zero attached hydrogens (tertiary/aromatic N) is 1. The average molecular weight is 279 g/mol. The Kier molecular flexibility index (Phi) is 3.90. The highest BCUT2D eigenvalue weighted by Crippen LogP contribution is 2.19. The number of benzene rings is 1. The first-order valence-electron chi connectivity index (χ1n) is 5.98. The highest BCUT2D eigenvalue weighted by molar-refractivity contribution is 6.30. The summed E-state index contributed by atoms with van der Waals surface area (Å²) < 4.78 is 4.99. The molecule has 1 aromatic carbocycles. The van der Waals surface area contributed by atoms with Crippen molar-refractivity contribution < 1.29 is 9.32 Å². The van der Waals surface area contributed by atoms with Gasteiger partial charge in [-0.15, -0.1) is 0 Å². The molecule has 100 valence electrons. The van der Waals surface area contributed by atoms with Gasteiger partial charge in [0, 0.05) is 5.02 Å². The number of rotatable bonds is 3. The normalized spacial score (nSPS) is 12.2. The highest BCUT2D eigenvalue weighted by atomic mass is 35.5. The van der Waals surface area contributed by atoms with Crippen LogP contribution < -0.4 is 5.32 Å². The van der Waals surface area contributed by atoms with Crippen molar-refractivity contribution >= 4 is 17.5 Å². The maximum atomic E-state index is 12.2. The monoisotopic (exact) mass is 278 g/mol. The van der Waals surface area contributed by atoms with Crippen molar-refractivity contribution in [1.82, 2.24) is 10.5 Å². The van der Waals surface area contributed by atoms with Crippen LogP contribution in [0.4, 0.5) is 0 Å². The summed E-state index contributed by atoms with van der Waals surface area (Å²) in [5.74, 6) is 0.331. The van der Waals surface area contributed by atoms with E-state index < -0.39 is 0 Å². The molecule has 0 bridgehead atoms. The van der Waals surface area contributed by atoms with E-state index in [4.69, 9.17) is 16.1 Å². The van der Waals surface area contributed by atoms with Crippen molar-refractivity contribution in [2.75, 3.05) is 0 Å². The van der Waals surface area contributed by atoms with E-state index in [1.54, 1.807) is 19.9 Å². The molecule has 2 rings (SSSR count). The first kappa shape index (κ1) is 13.6. The van der Waals surface area contributed by atoms with Crippen LogP contribution in [0.2, 0.25) is 5.02 Å². The zero-order valence-corrected chi connectivity index (χ0v) is 11.8. The fraction of sp³-hybridized carbons (Fsp3) is 0.286. The van der Waals surface area contributed by atoms with Gasteiger partial charge in [0.25, 0.3) is 5.91 Å². The third kappa shape index (κ3) is 2.96. The molecule has 0 fully saturated rings. The van der Waals surface area contributed by atoms with Crippen molar-refractivity contribution in [3.8, 4) is 0 Å². The van der Waals surface area contributed by atoms with Gasteiger partial charge in [0.15, 0.2) is 0 Å². The Hall–Kier alpha value is -1.81. The molecular formula is C14H15ClN2O2. The number of aromatic nitrogens is 1. The van der Waals surface area contributed by atoms with Crippen LogP contribution in [0.5, 0.6) is 0 Å². The van der Waals surface area contributed by atoms with Crippen molar-refractivity contribution in [2.45, 2.75) is 26.8 Å². The van der Waals surface area contributed by atoms with Gasteiger partial charge in [0.05, 0.1) is 11.7 Å². The number of carbonyl (C=O) groups excluding carboxylic acids is 1. The summed E-state index contributed by atoms with van der Waals surface area (Å²) in [5.41, 5.74) is 2.04. The predicted molar refractivity (Wildman–Crippen MR) is 73.3 cm³/mol. The molecule has 1 heterocycles. The second-order valence-corrected chi connectivity index (χ2v) is 4.89. The molecule has 0 aliphatic heterocycles. The Morgan fingerprint density at radius 2 is 2.16 bits per heavy atom. The molecule has 0 aliphatic carbocycles. The number of halogens is 1. The first-order valence-corrected chi connectivity index (χ1v) is 6.36. The van der Waals surface area contributed by atoms with E-state index in [9.17, 15) is 4.79 Å². The van der Waals surface area contributed by atoms with E-state index in [0.717, 1.165) is 5.56 Å². The Bertz CT molecular complexity index is 588. The summed E-state index contributed by atoms with van der Waals surface area (Å²) in [6.07, 6.45) is 0. The van der Waals surface area contributed by atoms with E-state index >= 15 is 0 Å². The quantitative estimate of drug-likeness (QED) is 0.936. The number of nitrogens with one attached hydrogen (secondary N) is 1. The van der Waals surface area contributed by atoms with Gasteiger partial charge in [-0.2, -0.15) is 0 Å². The molecule has 1 amide bonds. The molecule has 0 spiro atoms. The minimum absolute atomic E-state index is 0.139. The number of aryl methyl sites for hydroxylation is 2. The lowest BCUT2D eigenvalue weighted by Gasteiger charge is -2.14. The van der Waals surface area contributed by atoms with Crippen LogP contribution in [0.3, 0.4) is 0 Å². The van der Waals surface area contributed by atoms with E-state index in [1.807, 2.05) is 25.1 Å². The number of carbonyl (C=O) groups is 1. The third-order valence-corrected chi connectivity index (χ3v) is 3.19. The standard InChI is InChI=1S/C14H15ClN2O2/c1-8(11-5-4-6-12(15)7-11)16-14(18)13-9(2)17-19-10(13)3/h4-8H,1-3H3,(H,16,18). The van der Waals surface area contributed by atoms with Crippen LogP contribution in [-0.4, -0.2) is 11.1 Å². The van der Waals surface area contributed by atoms with Crippen LogP contribution in [0, 0.1) is 13.8 Å². The predicted octanol–water partition coefficient (Wildman–Crippen LogP) is 3.44. The summed E-state index contributed by atoms with van der Waals surface area (Å²) in [6.45, 7) is 5.37. The van der Waals surface area contributed by atoms with Crippen LogP contribution in [0.1, 0.15) is 40.3 Å². The van der Waals surface area contributed by atoms with Crippen molar-refractivity contribution in [1.29, 1.82) is 0 Å². The van der Waals surface area contributed by atoms with Gasteiger partial charge in [-0.05, 0) is 38.5 Å². The fourth-order valence-corrected chi connectivity index (χ4v) is 2.13. The van der Waals surface area contributed by atoms with Crippen molar-refractivity contribution in [3.05, 3.63) is 51.9 Å². The lowest BCUT2D eigenvalue weighted by atomic mass is 10.1. The molecule has 0 saturated heterocycles. The van der Waals surface area contributed by atoms with E-state index in [1.165, 1.54) is 0 Å². The molecule has 19 heavy (non-hydrogen) atoms. The van der Waals surface area contributed by atoms with Crippen LogP contribution in [0.25, 0.3) is 0 Å². The van der Waals surface area contributed by atoms with Crippen LogP contribution >= 0.6 is 11.6 Å². The van der Waals surface area contributed by atoms with E-state index in [2.05, 4.69) is 10.5 Å². The SMILES string of the molecule is Cc1noc(C)c1C(=O)NC(C)c1cccc(Cl)c1. The molecule has 1 aromatic heterocycles. The summed E-state index contributed by atoms with van der Waals surface area (Å²) in [7, 11) is 0. The van der Waals surface area contributed by atoms with Crippen LogP contribution in [-0.2, 0) is 0 Å². The first-order chi connectivity index (χ1) is 8.99. The van der Waals surface area contributed by atoms with Crippen LogP contribution in [0.15, 0.2) is 28.8 Å². The lowest BCUT2D eigenvalue weighted by Crippen LogP contribution is -2.27. The highest BCUT2D eigenvalue weighted by Gasteiger charge is 2.19. The molecule has 0 saturated carbocycles. The largest absolute Gasteiger partial charge is 0.361 e. The molecule has 0 aliphatic rings. The van der Waals surface area contributed by atoms with Gasteiger partial charge in [-0.1, -0.05) is 28.9 Å². The molecule has 5 heteroatoms. The summed E-state index contributed by atoms with van der Waals surface area (Å²) in [6, 6.07) is 7.27. The Morgan fingerprint density at radius 3 is 2.74 bits per heavy atom. The molecule has 2 aromatic rings. The summed E-state index contributed by atoms with van der Waals surface area (Å²) in [4.78, 5) is 12.2. The zero-order valence-electron chi connectivity index (χ0n) is 11.0. The number of hydrogen-bond donors (Lipinski definition) is 1. The van der Waals surface area contributed by atoms with Crippen molar-refractivity contribution in [3.63, 3.8) is 0 Å². The Balaban J connectivity index is 2.15. The number of amides is 1. The molecule has 1 unspecified atom stereocenters. The summed E-state index contributed by atoms with van der Waals surface area (Å²) in [5, 5.41) is 7.33.